The summed E-state index contributed by atoms with van der Waals surface area (Å²) in [6.45, 7) is 8.04. The third kappa shape index (κ3) is 3.64. The molecule has 0 aliphatic carbocycles. The van der Waals surface area contributed by atoms with Crippen LogP contribution < -0.4 is 5.32 Å². The summed E-state index contributed by atoms with van der Waals surface area (Å²) in [6, 6.07) is 0.400. The fourth-order valence-electron chi connectivity index (χ4n) is 1.67. The van der Waals surface area contributed by atoms with Gasteiger partial charge in [0.15, 0.2) is 0 Å². The Morgan fingerprint density at radius 3 is 2.82 bits per heavy atom. The average molecular weight is 250 g/mol. The van der Waals surface area contributed by atoms with Crippen LogP contribution in [0.15, 0.2) is 18.6 Å². The minimum Gasteiger partial charge on any atom is -0.307 e. The second-order valence-corrected chi connectivity index (χ2v) is 5.69. The van der Waals surface area contributed by atoms with E-state index in [1.165, 1.54) is 10.4 Å². The lowest BCUT2D eigenvalue weighted by Gasteiger charge is -2.12. The molecule has 0 spiro atoms. The van der Waals surface area contributed by atoms with Crippen molar-refractivity contribution < 1.29 is 0 Å². The van der Waals surface area contributed by atoms with Crippen LogP contribution in [-0.2, 0) is 13.1 Å². The van der Waals surface area contributed by atoms with Gasteiger partial charge in [-0.25, -0.2) is 4.98 Å². The largest absolute Gasteiger partial charge is 0.307 e. The van der Waals surface area contributed by atoms with Gasteiger partial charge in [-0.1, -0.05) is 0 Å². The maximum absolute atomic E-state index is 4.28. The molecule has 4 nitrogen and oxygen atoms in total. The molecule has 0 aliphatic rings. The van der Waals surface area contributed by atoms with E-state index in [4.69, 9.17) is 0 Å². The van der Waals surface area contributed by atoms with Crippen molar-refractivity contribution in [2.75, 3.05) is 0 Å². The molecule has 0 amide bonds. The molecule has 1 N–H and O–H groups in total. The standard InChI is InChI=1S/C12H18N4S/c1-9-4-15-16(7-9)8-10(2)13-5-12-6-14-11(3)17-12/h4,6-7,10,13H,5,8H2,1-3H3/t10-/m1/s1. The van der Waals surface area contributed by atoms with Crippen LogP contribution in [-0.4, -0.2) is 20.8 Å². The first kappa shape index (κ1) is 12.3. The van der Waals surface area contributed by atoms with E-state index < -0.39 is 0 Å². The van der Waals surface area contributed by atoms with Crippen LogP contribution in [0.2, 0.25) is 0 Å². The number of rotatable bonds is 5. The Hall–Kier alpha value is -1.20. The highest BCUT2D eigenvalue weighted by Crippen LogP contribution is 2.11. The van der Waals surface area contributed by atoms with Crippen molar-refractivity contribution in [2.45, 2.75) is 39.9 Å². The van der Waals surface area contributed by atoms with Gasteiger partial charge in [-0.2, -0.15) is 5.10 Å². The summed E-state index contributed by atoms with van der Waals surface area (Å²) in [4.78, 5) is 5.53. The zero-order valence-electron chi connectivity index (χ0n) is 10.5. The summed E-state index contributed by atoms with van der Waals surface area (Å²) in [5, 5.41) is 8.88. The Labute approximate surface area is 106 Å². The van der Waals surface area contributed by atoms with Crippen LogP contribution in [0.1, 0.15) is 22.4 Å². The quantitative estimate of drug-likeness (QED) is 0.884. The predicted molar refractivity (Wildman–Crippen MR) is 70.1 cm³/mol. The zero-order chi connectivity index (χ0) is 12.3. The number of aromatic nitrogens is 3. The van der Waals surface area contributed by atoms with Crippen molar-refractivity contribution in [2.24, 2.45) is 0 Å². The van der Waals surface area contributed by atoms with Crippen LogP contribution in [0.5, 0.6) is 0 Å². The molecule has 0 bridgehead atoms. The number of aryl methyl sites for hydroxylation is 2. The van der Waals surface area contributed by atoms with E-state index in [0.29, 0.717) is 6.04 Å². The van der Waals surface area contributed by atoms with Gasteiger partial charge in [0, 0.05) is 29.9 Å². The zero-order valence-corrected chi connectivity index (χ0v) is 11.3. The minimum absolute atomic E-state index is 0.400. The SMILES string of the molecule is Cc1cnn(C[C@@H](C)NCc2cnc(C)s2)c1. The molecule has 0 aliphatic heterocycles. The van der Waals surface area contributed by atoms with E-state index in [0.717, 1.165) is 18.1 Å². The van der Waals surface area contributed by atoms with Gasteiger partial charge >= 0.3 is 0 Å². The number of hydrogen-bond donors (Lipinski definition) is 1. The highest BCUT2D eigenvalue weighted by molar-refractivity contribution is 7.11. The molecule has 0 radical (unpaired) electrons. The molecule has 92 valence electrons. The first-order valence-corrected chi connectivity index (χ1v) is 6.59. The van der Waals surface area contributed by atoms with Gasteiger partial charge in [-0.05, 0) is 26.3 Å². The average Bonchev–Trinajstić information content (AvgIpc) is 2.85. The Bertz CT molecular complexity index is 474. The molecule has 0 unspecified atom stereocenters. The molecule has 2 heterocycles. The lowest BCUT2D eigenvalue weighted by molar-refractivity contribution is 0.452. The molecule has 17 heavy (non-hydrogen) atoms. The van der Waals surface area contributed by atoms with Crippen LogP contribution >= 0.6 is 11.3 Å². The van der Waals surface area contributed by atoms with Crippen molar-refractivity contribution >= 4 is 11.3 Å². The maximum Gasteiger partial charge on any atom is 0.0897 e. The second-order valence-electron chi connectivity index (χ2n) is 4.37. The molecule has 1 atom stereocenters. The Kier molecular flexibility index (Phi) is 3.91. The predicted octanol–water partition coefficient (Wildman–Crippen LogP) is 2.13. The lowest BCUT2D eigenvalue weighted by Crippen LogP contribution is -2.29. The normalized spacial score (nSPS) is 12.9. The summed E-state index contributed by atoms with van der Waals surface area (Å²) in [5.41, 5.74) is 1.20. The van der Waals surface area contributed by atoms with E-state index in [2.05, 4.69) is 35.4 Å². The fourth-order valence-corrected chi connectivity index (χ4v) is 2.42. The van der Waals surface area contributed by atoms with Gasteiger partial charge in [0.1, 0.15) is 0 Å². The Morgan fingerprint density at radius 2 is 2.24 bits per heavy atom. The molecule has 2 rings (SSSR count). The van der Waals surface area contributed by atoms with Crippen molar-refractivity contribution in [3.8, 4) is 0 Å². The highest BCUT2D eigenvalue weighted by Gasteiger charge is 2.05. The maximum atomic E-state index is 4.28. The highest BCUT2D eigenvalue weighted by atomic mass is 32.1. The van der Waals surface area contributed by atoms with Gasteiger partial charge < -0.3 is 5.32 Å². The molecule has 2 aromatic rings. The summed E-state index contributed by atoms with van der Waals surface area (Å²) < 4.78 is 1.98. The van der Waals surface area contributed by atoms with Gasteiger partial charge in [0.25, 0.3) is 0 Å². The molecule has 0 fully saturated rings. The smallest absolute Gasteiger partial charge is 0.0897 e. The van der Waals surface area contributed by atoms with E-state index in [1.807, 2.05) is 24.0 Å². The van der Waals surface area contributed by atoms with Crippen LogP contribution in [0, 0.1) is 13.8 Å². The topological polar surface area (TPSA) is 42.7 Å². The van der Waals surface area contributed by atoms with E-state index in [1.54, 1.807) is 11.3 Å². The van der Waals surface area contributed by atoms with Gasteiger partial charge in [0.05, 0.1) is 17.7 Å². The monoisotopic (exact) mass is 250 g/mol. The van der Waals surface area contributed by atoms with Gasteiger partial charge in [0.2, 0.25) is 0 Å². The van der Waals surface area contributed by atoms with Crippen molar-refractivity contribution in [3.05, 3.63) is 34.0 Å². The summed E-state index contributed by atoms with van der Waals surface area (Å²) in [7, 11) is 0. The Balaban J connectivity index is 1.79. The number of nitrogens with one attached hydrogen (secondary N) is 1. The van der Waals surface area contributed by atoms with Crippen molar-refractivity contribution in [3.63, 3.8) is 0 Å². The molecular weight excluding hydrogens is 232 g/mol. The summed E-state index contributed by atoms with van der Waals surface area (Å²) in [5.74, 6) is 0. The third-order valence-corrected chi connectivity index (χ3v) is 3.43. The first-order chi connectivity index (χ1) is 8.13. The summed E-state index contributed by atoms with van der Waals surface area (Å²) in [6.07, 6.45) is 5.89. The molecule has 0 saturated heterocycles. The van der Waals surface area contributed by atoms with E-state index in [-0.39, 0.29) is 0 Å². The molecule has 0 saturated carbocycles. The number of hydrogen-bond acceptors (Lipinski definition) is 4. The van der Waals surface area contributed by atoms with Gasteiger partial charge in [-0.3, -0.25) is 4.68 Å². The van der Waals surface area contributed by atoms with Crippen LogP contribution in [0.25, 0.3) is 0 Å². The third-order valence-electron chi connectivity index (χ3n) is 2.52. The molecule has 2 aromatic heterocycles. The van der Waals surface area contributed by atoms with Crippen LogP contribution in [0.3, 0.4) is 0 Å². The van der Waals surface area contributed by atoms with Crippen molar-refractivity contribution in [1.29, 1.82) is 0 Å². The number of nitrogens with zero attached hydrogens (tertiary/aromatic N) is 3. The molecular formula is C12H18N4S. The molecule has 5 heteroatoms. The van der Waals surface area contributed by atoms with Crippen molar-refractivity contribution in [1.82, 2.24) is 20.1 Å². The second kappa shape index (κ2) is 5.42. The fraction of sp³-hybridized carbons (Fsp3) is 0.500. The Morgan fingerprint density at radius 1 is 1.41 bits per heavy atom. The van der Waals surface area contributed by atoms with E-state index >= 15 is 0 Å². The number of thiazole rings is 1. The summed E-state index contributed by atoms with van der Waals surface area (Å²) >= 11 is 1.74. The lowest BCUT2D eigenvalue weighted by atomic mass is 10.3. The van der Waals surface area contributed by atoms with E-state index in [9.17, 15) is 0 Å². The molecule has 0 aromatic carbocycles. The first-order valence-electron chi connectivity index (χ1n) is 5.77. The minimum atomic E-state index is 0.400. The van der Waals surface area contributed by atoms with Crippen LogP contribution in [0.4, 0.5) is 0 Å². The van der Waals surface area contributed by atoms with Gasteiger partial charge in [-0.15, -0.1) is 11.3 Å².